The van der Waals surface area contributed by atoms with E-state index in [-0.39, 0.29) is 5.91 Å². The van der Waals surface area contributed by atoms with Crippen LogP contribution in [0.15, 0.2) is 54.7 Å². The van der Waals surface area contributed by atoms with E-state index in [9.17, 15) is 9.59 Å². The van der Waals surface area contributed by atoms with Gasteiger partial charge in [0, 0.05) is 23.2 Å². The number of ether oxygens (including phenoxy) is 1. The molecule has 2 aromatic carbocycles. The van der Waals surface area contributed by atoms with E-state index in [2.05, 4.69) is 19.7 Å². The zero-order chi connectivity index (χ0) is 23.6. The number of aryl methyl sites for hydroxylation is 1. The molecule has 0 aliphatic rings. The molecular weight excluding hydrogens is 436 g/mol. The van der Waals surface area contributed by atoms with Crippen molar-refractivity contribution in [2.75, 3.05) is 5.32 Å². The number of aromatic nitrogens is 3. The van der Waals surface area contributed by atoms with E-state index < -0.39 is 11.6 Å². The molecule has 2 aromatic heterocycles. The van der Waals surface area contributed by atoms with Crippen LogP contribution in [0.1, 0.15) is 57.8 Å². The first-order valence-corrected chi connectivity index (χ1v) is 11.3. The molecule has 4 aromatic rings. The van der Waals surface area contributed by atoms with E-state index in [4.69, 9.17) is 4.74 Å². The van der Waals surface area contributed by atoms with Gasteiger partial charge in [0.25, 0.3) is 5.91 Å². The first kappa shape index (κ1) is 22.5. The van der Waals surface area contributed by atoms with Crippen molar-refractivity contribution >= 4 is 40.1 Å². The summed E-state index contributed by atoms with van der Waals surface area (Å²) in [5.74, 6) is -0.728. The Bertz CT molecular complexity index is 1340. The Labute approximate surface area is 196 Å². The second kappa shape index (κ2) is 9.07. The summed E-state index contributed by atoms with van der Waals surface area (Å²) < 4.78 is 9.80. The Morgan fingerprint density at radius 1 is 1.06 bits per heavy atom. The Balaban J connectivity index is 1.54. The van der Waals surface area contributed by atoms with Crippen LogP contribution in [0.4, 0.5) is 5.69 Å². The van der Waals surface area contributed by atoms with Crippen molar-refractivity contribution < 1.29 is 14.3 Å². The van der Waals surface area contributed by atoms with Crippen molar-refractivity contribution in [1.82, 2.24) is 14.3 Å². The molecule has 0 fully saturated rings. The zero-order valence-corrected chi connectivity index (χ0v) is 19.7. The van der Waals surface area contributed by atoms with Crippen LogP contribution < -0.4 is 5.32 Å². The van der Waals surface area contributed by atoms with Crippen LogP contribution in [0.5, 0.6) is 0 Å². The maximum Gasteiger partial charge on any atom is 0.338 e. The molecule has 8 heteroatoms. The summed E-state index contributed by atoms with van der Waals surface area (Å²) in [5, 5.41) is 2.88. The quantitative estimate of drug-likeness (QED) is 0.412. The van der Waals surface area contributed by atoms with Gasteiger partial charge in [0.05, 0.1) is 33.5 Å². The average Bonchev–Trinajstić information content (AvgIpc) is 3.12. The third-order valence-electron chi connectivity index (χ3n) is 4.76. The van der Waals surface area contributed by atoms with Crippen molar-refractivity contribution in [3.05, 3.63) is 82.1 Å². The predicted molar refractivity (Wildman–Crippen MR) is 129 cm³/mol. The summed E-state index contributed by atoms with van der Waals surface area (Å²) in [7, 11) is 0. The first-order valence-electron chi connectivity index (χ1n) is 10.5. The topological polar surface area (TPSA) is 94.1 Å². The van der Waals surface area contributed by atoms with Gasteiger partial charge in [0.15, 0.2) is 0 Å². The van der Waals surface area contributed by atoms with Crippen LogP contribution in [0.2, 0.25) is 0 Å². The van der Waals surface area contributed by atoms with Crippen LogP contribution in [-0.4, -0.2) is 31.8 Å². The molecular formula is C25H24N4O3S. The number of nitrogens with one attached hydrogen (secondary N) is 1. The standard InChI is InChI=1S/C25H24N4O3S/c1-15-22(21(33-29-15)13-18-14-26-19-10-5-6-11-20(19)27-18)23(30)28-17-9-7-8-16(12-17)24(31)32-25(2,3)4/h5-12,14H,13H2,1-4H3,(H,28,30). The number of carbonyl (C=O) groups is 2. The van der Waals surface area contributed by atoms with E-state index in [1.165, 1.54) is 11.5 Å². The van der Waals surface area contributed by atoms with Gasteiger partial charge in [0.2, 0.25) is 0 Å². The zero-order valence-electron chi connectivity index (χ0n) is 18.9. The van der Waals surface area contributed by atoms with E-state index in [1.807, 2.05) is 45.0 Å². The summed E-state index contributed by atoms with van der Waals surface area (Å²) in [4.78, 5) is 35.4. The molecule has 0 spiro atoms. The summed E-state index contributed by atoms with van der Waals surface area (Å²) in [6.45, 7) is 7.23. The van der Waals surface area contributed by atoms with Crippen LogP contribution in [0.25, 0.3) is 11.0 Å². The Hall–Kier alpha value is -3.65. The van der Waals surface area contributed by atoms with Crippen molar-refractivity contribution in [3.8, 4) is 0 Å². The van der Waals surface area contributed by atoms with E-state index >= 15 is 0 Å². The van der Waals surface area contributed by atoms with E-state index in [1.54, 1.807) is 37.4 Å². The third kappa shape index (κ3) is 5.40. The number of fused-ring (bicyclic) bond motifs is 1. The van der Waals surface area contributed by atoms with Crippen LogP contribution >= 0.6 is 11.5 Å². The Morgan fingerprint density at radius 2 is 1.82 bits per heavy atom. The fourth-order valence-corrected chi connectivity index (χ4v) is 4.21. The molecule has 0 aliphatic heterocycles. The highest BCUT2D eigenvalue weighted by atomic mass is 32.1. The fraction of sp³-hybridized carbons (Fsp3) is 0.240. The molecule has 0 bridgehead atoms. The van der Waals surface area contributed by atoms with Crippen LogP contribution in [0.3, 0.4) is 0 Å². The van der Waals surface area contributed by atoms with Gasteiger partial charge in [-0.2, -0.15) is 4.37 Å². The molecule has 0 radical (unpaired) electrons. The molecule has 0 atom stereocenters. The number of anilines is 1. The van der Waals surface area contributed by atoms with Crippen molar-refractivity contribution in [2.45, 2.75) is 39.7 Å². The molecule has 1 amide bonds. The lowest BCUT2D eigenvalue weighted by atomic mass is 10.1. The second-order valence-electron chi connectivity index (χ2n) is 8.63. The number of carbonyl (C=O) groups excluding carboxylic acids is 2. The normalized spacial score (nSPS) is 11.4. The number of hydrogen-bond donors (Lipinski definition) is 1. The minimum Gasteiger partial charge on any atom is -0.456 e. The monoisotopic (exact) mass is 460 g/mol. The van der Waals surface area contributed by atoms with Crippen molar-refractivity contribution in [1.29, 1.82) is 0 Å². The summed E-state index contributed by atoms with van der Waals surface area (Å²) in [6, 6.07) is 14.4. The second-order valence-corrected chi connectivity index (χ2v) is 9.49. The van der Waals surface area contributed by atoms with Crippen molar-refractivity contribution in [2.24, 2.45) is 0 Å². The minimum absolute atomic E-state index is 0.286. The van der Waals surface area contributed by atoms with Gasteiger partial charge in [-0.1, -0.05) is 18.2 Å². The molecule has 4 rings (SSSR count). The summed E-state index contributed by atoms with van der Waals surface area (Å²) in [5.41, 5.74) is 3.82. The molecule has 0 unspecified atom stereocenters. The maximum absolute atomic E-state index is 13.1. The van der Waals surface area contributed by atoms with Gasteiger partial charge in [-0.3, -0.25) is 9.78 Å². The highest BCUT2D eigenvalue weighted by Crippen LogP contribution is 2.24. The first-order chi connectivity index (χ1) is 15.7. The molecule has 2 heterocycles. The highest BCUT2D eigenvalue weighted by molar-refractivity contribution is 7.06. The van der Waals surface area contributed by atoms with Gasteiger partial charge in [-0.05, 0) is 69.6 Å². The van der Waals surface area contributed by atoms with Gasteiger partial charge < -0.3 is 10.1 Å². The Kier molecular flexibility index (Phi) is 6.20. The summed E-state index contributed by atoms with van der Waals surface area (Å²) >= 11 is 1.28. The van der Waals surface area contributed by atoms with Crippen LogP contribution in [0, 0.1) is 6.92 Å². The molecule has 0 aliphatic carbocycles. The van der Waals surface area contributed by atoms with Crippen LogP contribution in [-0.2, 0) is 11.2 Å². The molecule has 7 nitrogen and oxygen atoms in total. The predicted octanol–water partition coefficient (Wildman–Crippen LogP) is 5.19. The number of para-hydroxylation sites is 2. The highest BCUT2D eigenvalue weighted by Gasteiger charge is 2.21. The maximum atomic E-state index is 13.1. The lowest BCUT2D eigenvalue weighted by Crippen LogP contribution is -2.24. The van der Waals surface area contributed by atoms with Gasteiger partial charge >= 0.3 is 5.97 Å². The van der Waals surface area contributed by atoms with Gasteiger partial charge in [-0.15, -0.1) is 0 Å². The molecule has 168 valence electrons. The summed E-state index contributed by atoms with van der Waals surface area (Å²) in [6.07, 6.45) is 2.17. The molecule has 33 heavy (non-hydrogen) atoms. The fourth-order valence-electron chi connectivity index (χ4n) is 3.33. The number of benzene rings is 2. The molecule has 0 saturated carbocycles. The minimum atomic E-state index is -0.601. The lowest BCUT2D eigenvalue weighted by molar-refractivity contribution is 0.00694. The van der Waals surface area contributed by atoms with Gasteiger partial charge in [0.1, 0.15) is 5.60 Å². The number of hydrogen-bond acceptors (Lipinski definition) is 7. The smallest absolute Gasteiger partial charge is 0.338 e. The Morgan fingerprint density at radius 3 is 2.58 bits per heavy atom. The van der Waals surface area contributed by atoms with Gasteiger partial charge in [-0.25, -0.2) is 9.78 Å². The van der Waals surface area contributed by atoms with E-state index in [0.717, 1.165) is 21.6 Å². The molecule has 1 N–H and O–H groups in total. The third-order valence-corrected chi connectivity index (χ3v) is 5.69. The largest absolute Gasteiger partial charge is 0.456 e. The SMILES string of the molecule is Cc1nsc(Cc2cnc3ccccc3n2)c1C(=O)Nc1cccc(C(=O)OC(C)(C)C)c1. The number of rotatable bonds is 5. The van der Waals surface area contributed by atoms with E-state index in [0.29, 0.717) is 28.9 Å². The lowest BCUT2D eigenvalue weighted by Gasteiger charge is -2.19. The number of nitrogens with zero attached hydrogens (tertiary/aromatic N) is 3. The van der Waals surface area contributed by atoms with Crippen molar-refractivity contribution in [3.63, 3.8) is 0 Å². The number of amides is 1. The average molecular weight is 461 g/mol. The molecule has 0 saturated heterocycles. The number of esters is 1.